The van der Waals surface area contributed by atoms with Gasteiger partial charge in [0.25, 0.3) is 0 Å². The molecule has 0 aromatic carbocycles. The fourth-order valence-corrected chi connectivity index (χ4v) is 2.32. The highest BCUT2D eigenvalue weighted by molar-refractivity contribution is 5.68. The lowest BCUT2D eigenvalue weighted by Gasteiger charge is -2.24. The van der Waals surface area contributed by atoms with Crippen LogP contribution in [0.3, 0.4) is 0 Å². The third-order valence-electron chi connectivity index (χ3n) is 3.41. The van der Waals surface area contributed by atoms with Crippen LogP contribution >= 0.6 is 0 Å². The summed E-state index contributed by atoms with van der Waals surface area (Å²) in [6.07, 6.45) is 2.37. The zero-order valence-electron chi connectivity index (χ0n) is 13.3. The minimum atomic E-state index is -0.457. The van der Waals surface area contributed by atoms with Gasteiger partial charge in [0.15, 0.2) is 0 Å². The summed E-state index contributed by atoms with van der Waals surface area (Å²) >= 11 is 0. The maximum atomic E-state index is 12.0. The number of nitrogens with one attached hydrogen (secondary N) is 1. The second-order valence-electron chi connectivity index (χ2n) is 6.51. The number of nitriles is 1. The van der Waals surface area contributed by atoms with Gasteiger partial charge in [0, 0.05) is 19.6 Å². The van der Waals surface area contributed by atoms with E-state index in [4.69, 9.17) is 10.00 Å². The second kappa shape index (κ2) is 6.65. The summed E-state index contributed by atoms with van der Waals surface area (Å²) < 4.78 is 5.38. The zero-order valence-corrected chi connectivity index (χ0v) is 13.3. The maximum Gasteiger partial charge on any atom is 0.410 e. The normalized spacial score (nSPS) is 17.9. The first-order chi connectivity index (χ1) is 10.4. The fraction of sp³-hybridized carbons (Fsp3) is 0.562. The third-order valence-corrected chi connectivity index (χ3v) is 3.41. The molecule has 118 valence electrons. The number of likely N-dealkylation sites (tertiary alicyclic amines) is 1. The number of hydrogen-bond acceptors (Lipinski definition) is 5. The summed E-state index contributed by atoms with van der Waals surface area (Å²) in [5, 5.41) is 12.0. The van der Waals surface area contributed by atoms with E-state index < -0.39 is 5.60 Å². The van der Waals surface area contributed by atoms with Gasteiger partial charge in [-0.05, 0) is 45.2 Å². The SMILES string of the molecule is CC(C)(C)OC(=O)N1CCC(CNc2ccc(C#N)nc2)C1. The van der Waals surface area contributed by atoms with E-state index in [9.17, 15) is 4.79 Å². The van der Waals surface area contributed by atoms with Gasteiger partial charge in [0.2, 0.25) is 0 Å². The third kappa shape index (κ3) is 4.62. The molecule has 0 saturated carbocycles. The molecule has 1 aromatic rings. The van der Waals surface area contributed by atoms with Crippen LogP contribution in [0.2, 0.25) is 0 Å². The standard InChI is InChI=1S/C16H22N4O2/c1-16(2,3)22-15(21)20-7-6-12(11-20)9-18-14-5-4-13(8-17)19-10-14/h4-5,10,12,18H,6-7,9,11H2,1-3H3. The van der Waals surface area contributed by atoms with E-state index in [1.165, 1.54) is 0 Å². The molecule has 2 rings (SSSR count). The Labute approximate surface area is 131 Å². The number of carbonyl (C=O) groups excluding carboxylic acids is 1. The van der Waals surface area contributed by atoms with Crippen molar-refractivity contribution in [2.24, 2.45) is 5.92 Å². The van der Waals surface area contributed by atoms with Gasteiger partial charge >= 0.3 is 6.09 Å². The first-order valence-electron chi connectivity index (χ1n) is 7.45. The molecule has 1 saturated heterocycles. The molecular weight excluding hydrogens is 280 g/mol. The first kappa shape index (κ1) is 16.1. The van der Waals surface area contributed by atoms with E-state index in [0.717, 1.165) is 25.2 Å². The lowest BCUT2D eigenvalue weighted by atomic mass is 10.1. The molecule has 1 aliphatic heterocycles. The number of rotatable bonds is 3. The molecule has 1 unspecified atom stereocenters. The molecule has 2 heterocycles. The molecule has 1 aromatic heterocycles. The van der Waals surface area contributed by atoms with Crippen molar-refractivity contribution in [1.29, 1.82) is 5.26 Å². The highest BCUT2D eigenvalue weighted by atomic mass is 16.6. The molecule has 6 heteroatoms. The van der Waals surface area contributed by atoms with Crippen molar-refractivity contribution in [2.45, 2.75) is 32.8 Å². The maximum absolute atomic E-state index is 12.0. The number of ether oxygens (including phenoxy) is 1. The topological polar surface area (TPSA) is 78.2 Å². The molecule has 0 spiro atoms. The van der Waals surface area contributed by atoms with E-state index in [2.05, 4.69) is 10.3 Å². The molecule has 6 nitrogen and oxygen atoms in total. The Morgan fingerprint density at radius 2 is 2.32 bits per heavy atom. The summed E-state index contributed by atoms with van der Waals surface area (Å²) in [7, 11) is 0. The van der Waals surface area contributed by atoms with Crippen molar-refractivity contribution in [3.8, 4) is 6.07 Å². The van der Waals surface area contributed by atoms with Gasteiger partial charge in [-0.2, -0.15) is 5.26 Å². The molecule has 1 amide bonds. The van der Waals surface area contributed by atoms with Crippen LogP contribution in [0.5, 0.6) is 0 Å². The number of pyridine rings is 1. The molecule has 0 bridgehead atoms. The molecule has 1 aliphatic rings. The Hall–Kier alpha value is -2.29. The van der Waals surface area contributed by atoms with Gasteiger partial charge in [0.1, 0.15) is 17.4 Å². The lowest BCUT2D eigenvalue weighted by molar-refractivity contribution is 0.0289. The predicted molar refractivity (Wildman–Crippen MR) is 83.4 cm³/mol. The molecule has 0 aliphatic carbocycles. The Morgan fingerprint density at radius 1 is 1.55 bits per heavy atom. The monoisotopic (exact) mass is 302 g/mol. The van der Waals surface area contributed by atoms with E-state index >= 15 is 0 Å². The van der Waals surface area contributed by atoms with E-state index in [1.54, 1.807) is 17.2 Å². The van der Waals surface area contributed by atoms with Crippen LogP contribution in [-0.4, -0.2) is 41.2 Å². The quantitative estimate of drug-likeness (QED) is 0.928. The number of aromatic nitrogens is 1. The first-order valence-corrected chi connectivity index (χ1v) is 7.45. The Balaban J connectivity index is 1.78. The molecule has 1 atom stereocenters. The zero-order chi connectivity index (χ0) is 16.2. The summed E-state index contributed by atoms with van der Waals surface area (Å²) in [6, 6.07) is 5.52. The molecule has 0 radical (unpaired) electrons. The van der Waals surface area contributed by atoms with E-state index in [0.29, 0.717) is 18.2 Å². The molecular formula is C16H22N4O2. The van der Waals surface area contributed by atoms with E-state index in [1.807, 2.05) is 32.9 Å². The number of nitrogens with zero attached hydrogens (tertiary/aromatic N) is 3. The Morgan fingerprint density at radius 3 is 2.91 bits per heavy atom. The van der Waals surface area contributed by atoms with Crippen molar-refractivity contribution >= 4 is 11.8 Å². The van der Waals surface area contributed by atoms with Gasteiger partial charge in [-0.3, -0.25) is 0 Å². The van der Waals surface area contributed by atoms with Crippen molar-refractivity contribution < 1.29 is 9.53 Å². The second-order valence-corrected chi connectivity index (χ2v) is 6.51. The van der Waals surface area contributed by atoms with Crippen LogP contribution in [0.1, 0.15) is 32.9 Å². The Kier molecular flexibility index (Phi) is 4.86. The number of amides is 1. The fourth-order valence-electron chi connectivity index (χ4n) is 2.32. The van der Waals surface area contributed by atoms with Crippen LogP contribution in [0, 0.1) is 17.2 Å². The van der Waals surface area contributed by atoms with Gasteiger partial charge < -0.3 is 15.0 Å². The van der Waals surface area contributed by atoms with Gasteiger partial charge in [-0.25, -0.2) is 9.78 Å². The Bertz CT molecular complexity index is 557. The largest absolute Gasteiger partial charge is 0.444 e. The van der Waals surface area contributed by atoms with Crippen molar-refractivity contribution in [1.82, 2.24) is 9.88 Å². The molecule has 1 N–H and O–H groups in total. The van der Waals surface area contributed by atoms with Crippen LogP contribution in [0.25, 0.3) is 0 Å². The van der Waals surface area contributed by atoms with Crippen LogP contribution in [0.4, 0.5) is 10.5 Å². The van der Waals surface area contributed by atoms with Crippen molar-refractivity contribution in [2.75, 3.05) is 25.0 Å². The summed E-state index contributed by atoms with van der Waals surface area (Å²) in [4.78, 5) is 17.8. The van der Waals surface area contributed by atoms with Gasteiger partial charge in [-0.15, -0.1) is 0 Å². The average molecular weight is 302 g/mol. The van der Waals surface area contributed by atoms with Crippen molar-refractivity contribution in [3.05, 3.63) is 24.0 Å². The van der Waals surface area contributed by atoms with Gasteiger partial charge in [-0.1, -0.05) is 0 Å². The van der Waals surface area contributed by atoms with Crippen LogP contribution in [-0.2, 0) is 4.74 Å². The van der Waals surface area contributed by atoms with Crippen molar-refractivity contribution in [3.63, 3.8) is 0 Å². The highest BCUT2D eigenvalue weighted by Gasteiger charge is 2.29. The molecule has 1 fully saturated rings. The smallest absolute Gasteiger partial charge is 0.410 e. The summed E-state index contributed by atoms with van der Waals surface area (Å²) in [6.45, 7) is 7.82. The van der Waals surface area contributed by atoms with Crippen LogP contribution in [0.15, 0.2) is 18.3 Å². The lowest BCUT2D eigenvalue weighted by Crippen LogP contribution is -2.35. The number of anilines is 1. The number of carbonyl (C=O) groups is 1. The summed E-state index contributed by atoms with van der Waals surface area (Å²) in [5.74, 6) is 0.392. The highest BCUT2D eigenvalue weighted by Crippen LogP contribution is 2.20. The minimum absolute atomic E-state index is 0.241. The van der Waals surface area contributed by atoms with Crippen LogP contribution < -0.4 is 5.32 Å². The van der Waals surface area contributed by atoms with E-state index in [-0.39, 0.29) is 6.09 Å². The van der Waals surface area contributed by atoms with Gasteiger partial charge in [0.05, 0.1) is 11.9 Å². The average Bonchev–Trinajstić information content (AvgIpc) is 2.93. The predicted octanol–water partition coefficient (Wildman–Crippen LogP) is 2.62. The molecule has 22 heavy (non-hydrogen) atoms. The number of hydrogen-bond donors (Lipinski definition) is 1. The summed E-state index contributed by atoms with van der Waals surface area (Å²) in [5.41, 5.74) is 0.832. The minimum Gasteiger partial charge on any atom is -0.444 e.